The van der Waals surface area contributed by atoms with Crippen LogP contribution < -0.4 is 10.3 Å². The molecule has 1 aromatic carbocycles. The zero-order valence-electron chi connectivity index (χ0n) is 20.9. The first-order chi connectivity index (χ1) is 17.0. The SMILES string of the molecule is CCCCCC(CC)COC(=O)CCSc1ccc2c(=O)n(Cc3ccc(OC)nc3)ncc2c1. The van der Waals surface area contributed by atoms with Gasteiger partial charge in [0.15, 0.2) is 0 Å². The van der Waals surface area contributed by atoms with Crippen LogP contribution in [-0.4, -0.2) is 40.2 Å². The van der Waals surface area contributed by atoms with Crippen molar-refractivity contribution >= 4 is 28.5 Å². The lowest BCUT2D eigenvalue weighted by molar-refractivity contribution is -0.144. The Labute approximate surface area is 211 Å². The quantitative estimate of drug-likeness (QED) is 0.166. The summed E-state index contributed by atoms with van der Waals surface area (Å²) in [4.78, 5) is 30.2. The molecule has 2 heterocycles. The van der Waals surface area contributed by atoms with Gasteiger partial charge in [-0.25, -0.2) is 9.67 Å². The van der Waals surface area contributed by atoms with Gasteiger partial charge >= 0.3 is 5.97 Å². The van der Waals surface area contributed by atoms with E-state index >= 15 is 0 Å². The summed E-state index contributed by atoms with van der Waals surface area (Å²) >= 11 is 1.58. The van der Waals surface area contributed by atoms with Crippen LogP contribution in [0.4, 0.5) is 0 Å². The second-order valence-corrected chi connectivity index (χ2v) is 9.79. The molecule has 0 aliphatic heterocycles. The van der Waals surface area contributed by atoms with Crippen molar-refractivity contribution in [3.8, 4) is 5.88 Å². The molecule has 0 saturated carbocycles. The average molecular weight is 498 g/mol. The molecule has 0 N–H and O–H groups in total. The molecule has 0 aliphatic rings. The zero-order valence-corrected chi connectivity index (χ0v) is 21.7. The topological polar surface area (TPSA) is 83.3 Å². The van der Waals surface area contributed by atoms with E-state index in [0.717, 1.165) is 28.7 Å². The minimum atomic E-state index is -0.150. The average Bonchev–Trinajstić information content (AvgIpc) is 2.88. The van der Waals surface area contributed by atoms with E-state index in [0.29, 0.717) is 42.5 Å². The maximum absolute atomic E-state index is 12.9. The number of methoxy groups -OCH3 is 1. The maximum atomic E-state index is 12.9. The predicted molar refractivity (Wildman–Crippen MR) is 140 cm³/mol. The Balaban J connectivity index is 1.51. The van der Waals surface area contributed by atoms with E-state index in [2.05, 4.69) is 23.9 Å². The van der Waals surface area contributed by atoms with Crippen LogP contribution in [0.15, 0.2) is 52.4 Å². The first-order valence-electron chi connectivity index (χ1n) is 12.3. The molecule has 35 heavy (non-hydrogen) atoms. The number of hydrogen-bond donors (Lipinski definition) is 0. The highest BCUT2D eigenvalue weighted by atomic mass is 32.2. The Kier molecular flexibility index (Phi) is 10.6. The van der Waals surface area contributed by atoms with E-state index in [1.165, 1.54) is 23.9 Å². The Morgan fingerprint density at radius 3 is 2.71 bits per heavy atom. The van der Waals surface area contributed by atoms with Crippen LogP contribution in [0.2, 0.25) is 0 Å². The van der Waals surface area contributed by atoms with E-state index in [-0.39, 0.29) is 11.5 Å². The van der Waals surface area contributed by atoms with Crippen molar-refractivity contribution < 1.29 is 14.3 Å². The third-order valence-electron chi connectivity index (χ3n) is 6.01. The molecule has 0 radical (unpaired) electrons. The number of carbonyl (C=O) groups is 1. The summed E-state index contributed by atoms with van der Waals surface area (Å²) in [7, 11) is 1.56. The minimum Gasteiger partial charge on any atom is -0.481 e. The number of benzene rings is 1. The molecule has 1 atom stereocenters. The van der Waals surface area contributed by atoms with Gasteiger partial charge in [-0.05, 0) is 36.1 Å². The predicted octanol–water partition coefficient (Wildman–Crippen LogP) is 5.48. The zero-order chi connectivity index (χ0) is 25.0. The summed E-state index contributed by atoms with van der Waals surface area (Å²) in [5, 5.41) is 5.72. The summed E-state index contributed by atoms with van der Waals surface area (Å²) in [5.41, 5.74) is 0.716. The summed E-state index contributed by atoms with van der Waals surface area (Å²) in [6.45, 7) is 5.20. The van der Waals surface area contributed by atoms with Crippen LogP contribution in [0, 0.1) is 5.92 Å². The fourth-order valence-electron chi connectivity index (χ4n) is 3.79. The van der Waals surface area contributed by atoms with Gasteiger partial charge < -0.3 is 9.47 Å². The third-order valence-corrected chi connectivity index (χ3v) is 7.01. The van der Waals surface area contributed by atoms with E-state index in [4.69, 9.17) is 9.47 Å². The lowest BCUT2D eigenvalue weighted by Crippen LogP contribution is -2.23. The molecule has 188 valence electrons. The minimum absolute atomic E-state index is 0.148. The van der Waals surface area contributed by atoms with Crippen LogP contribution >= 0.6 is 11.8 Å². The van der Waals surface area contributed by atoms with E-state index < -0.39 is 0 Å². The van der Waals surface area contributed by atoms with Gasteiger partial charge in [-0.2, -0.15) is 5.10 Å². The molecule has 3 aromatic rings. The maximum Gasteiger partial charge on any atom is 0.306 e. The number of rotatable bonds is 14. The van der Waals surface area contributed by atoms with Crippen LogP contribution in [0.3, 0.4) is 0 Å². The molecule has 2 aromatic heterocycles. The van der Waals surface area contributed by atoms with Crippen molar-refractivity contribution in [1.29, 1.82) is 0 Å². The van der Waals surface area contributed by atoms with E-state index in [1.807, 2.05) is 24.3 Å². The summed E-state index contributed by atoms with van der Waals surface area (Å²) in [6.07, 6.45) is 9.54. The van der Waals surface area contributed by atoms with Gasteiger partial charge in [-0.3, -0.25) is 9.59 Å². The van der Waals surface area contributed by atoms with Crippen LogP contribution in [0.5, 0.6) is 5.88 Å². The summed E-state index contributed by atoms with van der Waals surface area (Å²) < 4.78 is 12.0. The standard InChI is InChI=1S/C27H35N3O4S/c1-4-6-7-8-20(5-2)19-34-26(31)13-14-35-23-10-11-24-22(15-23)17-29-30(27(24)32)18-21-9-12-25(33-3)28-16-21/h9-12,15-17,20H,4-8,13-14,18-19H2,1-3H3. The highest BCUT2D eigenvalue weighted by Gasteiger charge is 2.11. The second kappa shape index (κ2) is 13.9. The lowest BCUT2D eigenvalue weighted by Gasteiger charge is -2.14. The number of fused-ring (bicyclic) bond motifs is 1. The number of pyridine rings is 1. The van der Waals surface area contributed by atoms with Gasteiger partial charge in [0.25, 0.3) is 5.56 Å². The Bertz CT molecular complexity index is 1150. The van der Waals surface area contributed by atoms with Gasteiger partial charge in [-0.1, -0.05) is 45.6 Å². The molecule has 0 fully saturated rings. The van der Waals surface area contributed by atoms with Crippen molar-refractivity contribution in [1.82, 2.24) is 14.8 Å². The highest BCUT2D eigenvalue weighted by molar-refractivity contribution is 7.99. The molecule has 8 heteroatoms. The van der Waals surface area contributed by atoms with Crippen LogP contribution in [-0.2, 0) is 16.1 Å². The van der Waals surface area contributed by atoms with Gasteiger partial charge in [0, 0.05) is 28.3 Å². The van der Waals surface area contributed by atoms with Crippen molar-refractivity contribution in [2.45, 2.75) is 63.8 Å². The first-order valence-corrected chi connectivity index (χ1v) is 13.3. The second-order valence-electron chi connectivity index (χ2n) is 8.62. The molecule has 0 amide bonds. The van der Waals surface area contributed by atoms with Crippen molar-refractivity contribution in [3.05, 3.63) is 58.6 Å². The van der Waals surface area contributed by atoms with E-state index in [9.17, 15) is 9.59 Å². The first kappa shape index (κ1) is 26.7. The molecular weight excluding hydrogens is 462 g/mol. The van der Waals surface area contributed by atoms with Gasteiger partial charge in [0.1, 0.15) is 0 Å². The Morgan fingerprint density at radius 1 is 1.14 bits per heavy atom. The number of ether oxygens (including phenoxy) is 2. The number of carbonyl (C=O) groups excluding carboxylic acids is 1. The Hall–Kier alpha value is -2.87. The number of esters is 1. The number of aromatic nitrogens is 3. The van der Waals surface area contributed by atoms with Crippen LogP contribution in [0.1, 0.15) is 57.9 Å². The fraction of sp³-hybridized carbons (Fsp3) is 0.481. The van der Waals surface area contributed by atoms with Gasteiger partial charge in [-0.15, -0.1) is 11.8 Å². The molecule has 1 unspecified atom stereocenters. The fourth-order valence-corrected chi connectivity index (χ4v) is 4.67. The van der Waals surface area contributed by atoms with Gasteiger partial charge in [0.2, 0.25) is 5.88 Å². The smallest absolute Gasteiger partial charge is 0.306 e. The summed E-state index contributed by atoms with van der Waals surface area (Å²) in [6, 6.07) is 9.31. The van der Waals surface area contributed by atoms with Crippen LogP contribution in [0.25, 0.3) is 10.8 Å². The number of nitrogens with zero attached hydrogens (tertiary/aromatic N) is 3. The number of hydrogen-bond acceptors (Lipinski definition) is 7. The largest absolute Gasteiger partial charge is 0.481 e. The molecule has 3 rings (SSSR count). The normalized spacial score (nSPS) is 12.0. The molecule has 0 saturated heterocycles. The van der Waals surface area contributed by atoms with E-state index in [1.54, 1.807) is 37.3 Å². The number of unbranched alkanes of at least 4 members (excludes halogenated alkanes) is 2. The lowest BCUT2D eigenvalue weighted by atomic mass is 10.00. The summed E-state index contributed by atoms with van der Waals surface area (Å²) in [5.74, 6) is 1.46. The van der Waals surface area contributed by atoms with Crippen molar-refractivity contribution in [3.63, 3.8) is 0 Å². The highest BCUT2D eigenvalue weighted by Crippen LogP contribution is 2.23. The monoisotopic (exact) mass is 497 g/mol. The third kappa shape index (κ3) is 8.09. The molecular formula is C27H35N3O4S. The Morgan fingerprint density at radius 2 is 2.00 bits per heavy atom. The van der Waals surface area contributed by atoms with Gasteiger partial charge in [0.05, 0.1) is 38.3 Å². The van der Waals surface area contributed by atoms with Crippen molar-refractivity contribution in [2.75, 3.05) is 19.5 Å². The van der Waals surface area contributed by atoms with Crippen molar-refractivity contribution in [2.24, 2.45) is 5.92 Å². The molecule has 0 spiro atoms. The molecule has 7 nitrogen and oxygen atoms in total. The number of thioether (sulfide) groups is 1. The molecule has 0 aliphatic carbocycles. The molecule has 0 bridgehead atoms.